The number of carbonyl (C=O) groups is 2. The normalized spacial score (nSPS) is 24.2. The van der Waals surface area contributed by atoms with Crippen LogP contribution in [-0.2, 0) is 20.9 Å². The van der Waals surface area contributed by atoms with E-state index in [-0.39, 0.29) is 30.3 Å². The van der Waals surface area contributed by atoms with Gasteiger partial charge in [-0.15, -0.1) is 11.8 Å². The molecule has 1 N–H and O–H groups in total. The maximum Gasteiger partial charge on any atom is 0.357 e. The van der Waals surface area contributed by atoms with Gasteiger partial charge >= 0.3 is 5.97 Å². The van der Waals surface area contributed by atoms with Crippen LogP contribution in [0, 0.1) is 10.1 Å². The predicted molar refractivity (Wildman–Crippen MR) is 97.1 cm³/mol. The number of β-lactam (4-membered cyclic amide) rings is 1. The van der Waals surface area contributed by atoms with E-state index >= 15 is 0 Å². The van der Waals surface area contributed by atoms with E-state index in [2.05, 4.69) is 0 Å². The Hall–Kier alpha value is -1.75. The highest BCUT2D eigenvalue weighted by Crippen LogP contribution is 2.45. The van der Waals surface area contributed by atoms with Gasteiger partial charge < -0.3 is 9.84 Å². The van der Waals surface area contributed by atoms with Crippen LogP contribution in [0.1, 0.15) is 12.0 Å². The molecule has 2 aliphatic heterocycles. The van der Waals surface area contributed by atoms with E-state index in [0.29, 0.717) is 15.6 Å². The second kappa shape index (κ2) is 7.87. The van der Waals surface area contributed by atoms with Crippen molar-refractivity contribution in [2.24, 2.45) is 0 Å². The summed E-state index contributed by atoms with van der Waals surface area (Å²) in [6.45, 7) is -0.111. The van der Waals surface area contributed by atoms with Gasteiger partial charge in [0.05, 0.1) is 15.6 Å². The third-order valence-electron chi connectivity index (χ3n) is 3.64. The summed E-state index contributed by atoms with van der Waals surface area (Å²) in [5, 5.41) is 20.3. The molecule has 0 radical (unpaired) electrons. The lowest BCUT2D eigenvalue weighted by molar-refractivity contribution is -0.384. The van der Waals surface area contributed by atoms with Gasteiger partial charge in [-0.05, 0) is 17.7 Å². The van der Waals surface area contributed by atoms with Crippen LogP contribution < -0.4 is 0 Å². The number of esters is 1. The summed E-state index contributed by atoms with van der Waals surface area (Å²) in [7, 11) is 0. The van der Waals surface area contributed by atoms with Crippen molar-refractivity contribution < 1.29 is 24.4 Å². The third kappa shape index (κ3) is 3.98. The van der Waals surface area contributed by atoms with Crippen molar-refractivity contribution in [2.75, 3.05) is 5.75 Å². The summed E-state index contributed by atoms with van der Waals surface area (Å²) in [5.74, 6) is -0.623. The molecule has 1 amide bonds. The number of non-ortho nitro benzene ring substituents is 1. The van der Waals surface area contributed by atoms with Crippen LogP contribution in [-0.4, -0.2) is 43.5 Å². The molecule has 0 aliphatic carbocycles. The summed E-state index contributed by atoms with van der Waals surface area (Å²) < 4.78 is 5.75. The second-order valence-corrected chi connectivity index (χ2v) is 8.40. The van der Waals surface area contributed by atoms with Crippen molar-refractivity contribution in [1.82, 2.24) is 4.90 Å². The molecule has 0 aromatic heterocycles. The molecule has 0 saturated carbocycles. The highest BCUT2D eigenvalue weighted by Gasteiger charge is 2.43. The quantitative estimate of drug-likeness (QED) is 0.148. The van der Waals surface area contributed by atoms with Crippen molar-refractivity contribution in [1.29, 1.82) is 0 Å². The highest BCUT2D eigenvalue weighted by molar-refractivity contribution is 8.25. The molecule has 138 valence electrons. The first-order valence-corrected chi connectivity index (χ1v) is 9.75. The van der Waals surface area contributed by atoms with Crippen LogP contribution in [0.2, 0.25) is 0 Å². The standard InChI is InChI=1S/C15H13ClN2O6S2/c16-10-5-11(19)17(10)13(15-25-7-12(20)26-15)14(21)24-6-8-1-3-9(4-2-8)18(22)23/h1-4,10,12,20H,5-7H2. The van der Waals surface area contributed by atoms with Crippen LogP contribution in [0.4, 0.5) is 5.69 Å². The number of benzene rings is 1. The molecule has 0 bridgehead atoms. The summed E-state index contributed by atoms with van der Waals surface area (Å²) in [6.07, 6.45) is 0.131. The number of aliphatic hydroxyl groups is 1. The Morgan fingerprint density at radius 3 is 2.62 bits per heavy atom. The first-order chi connectivity index (χ1) is 12.4. The molecule has 2 heterocycles. The fraction of sp³-hybridized carbons (Fsp3) is 0.333. The summed E-state index contributed by atoms with van der Waals surface area (Å²) in [4.78, 5) is 35.7. The van der Waals surface area contributed by atoms with Gasteiger partial charge in [-0.2, -0.15) is 0 Å². The minimum absolute atomic E-state index is 0.0368. The number of alkyl halides is 1. The second-order valence-electron chi connectivity index (χ2n) is 5.42. The monoisotopic (exact) mass is 416 g/mol. The number of hydrogen-bond donors (Lipinski definition) is 1. The van der Waals surface area contributed by atoms with Crippen molar-refractivity contribution in [3.63, 3.8) is 0 Å². The van der Waals surface area contributed by atoms with Crippen molar-refractivity contribution in [3.8, 4) is 0 Å². The van der Waals surface area contributed by atoms with E-state index in [4.69, 9.17) is 16.3 Å². The number of thioether (sulfide) groups is 2. The van der Waals surface area contributed by atoms with E-state index in [9.17, 15) is 24.8 Å². The summed E-state index contributed by atoms with van der Waals surface area (Å²) in [6, 6.07) is 5.60. The van der Waals surface area contributed by atoms with Gasteiger partial charge in [-0.25, -0.2) is 4.79 Å². The van der Waals surface area contributed by atoms with E-state index in [1.807, 2.05) is 0 Å². The Kier molecular flexibility index (Phi) is 5.76. The summed E-state index contributed by atoms with van der Waals surface area (Å²) in [5.41, 5.74) is -0.757. The molecule has 26 heavy (non-hydrogen) atoms. The number of likely N-dealkylation sites (tertiary alicyclic amines) is 1. The largest absolute Gasteiger partial charge is 0.456 e. The first kappa shape index (κ1) is 19.0. The number of rotatable bonds is 5. The Balaban J connectivity index is 1.74. The van der Waals surface area contributed by atoms with Gasteiger partial charge in [0.25, 0.3) is 5.69 Å². The molecule has 1 aromatic rings. The number of halogens is 1. The zero-order chi connectivity index (χ0) is 18.8. The molecular weight excluding hydrogens is 404 g/mol. The fourth-order valence-electron chi connectivity index (χ4n) is 2.32. The molecule has 8 nitrogen and oxygen atoms in total. The zero-order valence-corrected chi connectivity index (χ0v) is 15.6. The third-order valence-corrected chi connectivity index (χ3v) is 6.62. The number of carbonyl (C=O) groups excluding carboxylic acids is 2. The van der Waals surface area contributed by atoms with Gasteiger partial charge in [0.2, 0.25) is 5.91 Å². The van der Waals surface area contributed by atoms with Crippen molar-refractivity contribution >= 4 is 52.7 Å². The van der Waals surface area contributed by atoms with E-state index < -0.39 is 21.8 Å². The molecule has 2 saturated heterocycles. The predicted octanol–water partition coefficient (Wildman–Crippen LogP) is 2.40. The molecule has 2 atom stereocenters. The van der Waals surface area contributed by atoms with Gasteiger partial charge in [0.1, 0.15) is 17.5 Å². The first-order valence-electron chi connectivity index (χ1n) is 7.45. The average molecular weight is 417 g/mol. The lowest BCUT2D eigenvalue weighted by Crippen LogP contribution is -2.50. The van der Waals surface area contributed by atoms with E-state index in [0.717, 1.165) is 11.8 Å². The van der Waals surface area contributed by atoms with Gasteiger partial charge in [0, 0.05) is 17.9 Å². The number of nitro benzene ring substituents is 1. The molecule has 11 heteroatoms. The Morgan fingerprint density at radius 1 is 1.42 bits per heavy atom. The highest BCUT2D eigenvalue weighted by atomic mass is 35.5. The van der Waals surface area contributed by atoms with E-state index in [1.165, 1.54) is 40.9 Å². The Labute approximate surface area is 161 Å². The topological polar surface area (TPSA) is 110 Å². The Morgan fingerprint density at radius 2 is 2.12 bits per heavy atom. The molecule has 3 rings (SSSR count). The smallest absolute Gasteiger partial charge is 0.357 e. The zero-order valence-electron chi connectivity index (χ0n) is 13.2. The SMILES string of the molecule is O=C(OCc1ccc([N+](=O)[O-])cc1)C(=C1SCC(O)S1)N1C(=O)CC1Cl. The number of amides is 1. The van der Waals surface area contributed by atoms with Gasteiger partial charge in [-0.1, -0.05) is 23.4 Å². The molecule has 2 fully saturated rings. The number of ether oxygens (including phenoxy) is 1. The van der Waals surface area contributed by atoms with Crippen molar-refractivity contribution in [2.45, 2.75) is 24.0 Å². The molecule has 1 aromatic carbocycles. The molecule has 0 spiro atoms. The molecule has 2 aliphatic rings. The van der Waals surface area contributed by atoms with Crippen LogP contribution in [0.15, 0.2) is 34.2 Å². The number of aliphatic hydroxyl groups excluding tert-OH is 1. The Bertz CT molecular complexity index is 785. The van der Waals surface area contributed by atoms with Crippen LogP contribution in [0.5, 0.6) is 0 Å². The van der Waals surface area contributed by atoms with Crippen LogP contribution in [0.3, 0.4) is 0 Å². The lowest BCUT2D eigenvalue weighted by Gasteiger charge is -2.37. The van der Waals surface area contributed by atoms with Gasteiger partial charge in [-0.3, -0.25) is 19.8 Å². The average Bonchev–Trinajstić information content (AvgIpc) is 3.03. The minimum atomic E-state index is -0.730. The molecule has 2 unspecified atom stereocenters. The van der Waals surface area contributed by atoms with Gasteiger partial charge in [0.15, 0.2) is 5.70 Å². The number of nitrogens with zero attached hydrogens (tertiary/aromatic N) is 2. The van der Waals surface area contributed by atoms with Crippen LogP contribution >= 0.6 is 35.1 Å². The van der Waals surface area contributed by atoms with E-state index in [1.54, 1.807) is 0 Å². The van der Waals surface area contributed by atoms with Crippen LogP contribution in [0.25, 0.3) is 0 Å². The molecular formula is C15H13ClN2O6S2. The maximum absolute atomic E-state index is 12.6. The maximum atomic E-state index is 12.6. The lowest BCUT2D eigenvalue weighted by atomic mass is 10.2. The van der Waals surface area contributed by atoms with Crippen molar-refractivity contribution in [3.05, 3.63) is 49.9 Å². The number of hydrogen-bond acceptors (Lipinski definition) is 8. The summed E-state index contributed by atoms with van der Waals surface area (Å²) >= 11 is 8.39. The fourth-order valence-corrected chi connectivity index (χ4v) is 5.09. The minimum Gasteiger partial charge on any atom is -0.456 e. The number of nitro groups is 1.